The lowest BCUT2D eigenvalue weighted by Gasteiger charge is -2.45. The monoisotopic (exact) mass is 577 g/mol. The van der Waals surface area contributed by atoms with E-state index >= 15 is 0 Å². The summed E-state index contributed by atoms with van der Waals surface area (Å²) >= 11 is 0. The smallest absolute Gasteiger partial charge is 0.408 e. The van der Waals surface area contributed by atoms with Crippen molar-refractivity contribution in [2.24, 2.45) is 11.8 Å². The van der Waals surface area contributed by atoms with Gasteiger partial charge in [-0.25, -0.2) is 4.39 Å². The van der Waals surface area contributed by atoms with E-state index < -0.39 is 41.7 Å². The lowest BCUT2D eigenvalue weighted by Crippen LogP contribution is -2.55. The summed E-state index contributed by atoms with van der Waals surface area (Å²) in [6.45, 7) is 3.48. The zero-order valence-electron chi connectivity index (χ0n) is 23.8. The number of carbonyl (C=O) groups is 2. The van der Waals surface area contributed by atoms with E-state index in [-0.39, 0.29) is 49.6 Å². The average Bonchev–Trinajstić information content (AvgIpc) is 3.43. The van der Waals surface area contributed by atoms with E-state index in [9.17, 15) is 32.3 Å². The fourth-order valence-corrected chi connectivity index (χ4v) is 6.40. The topological polar surface area (TPSA) is 64.1 Å². The lowest BCUT2D eigenvalue weighted by atomic mass is 9.69. The van der Waals surface area contributed by atoms with Gasteiger partial charge in [-0.15, -0.1) is 0 Å². The maximum absolute atomic E-state index is 14.9. The van der Waals surface area contributed by atoms with Crippen molar-refractivity contribution >= 4 is 11.7 Å². The van der Waals surface area contributed by atoms with Gasteiger partial charge in [0.25, 0.3) is 0 Å². The van der Waals surface area contributed by atoms with Gasteiger partial charge in [0.05, 0.1) is 5.92 Å². The standard InChI is InChI=1S/C31H39F4N3O3/c1-20-23(8-6-9-26(20)32)28-24(29(40)21-11-13-22(39)14-12-21)18-37(16-5-4-15-36(2)3)19-25(28)30(41)38-17-7-10-27(38)31(33,34)35/h6,8-9,11-14,24-25,27-28,39H,4-5,7,10,15-19H2,1-3H3/t24?,25?,27-,28?/m0/s1. The molecule has 2 fully saturated rings. The van der Waals surface area contributed by atoms with Crippen LogP contribution in [0.4, 0.5) is 17.6 Å². The highest BCUT2D eigenvalue weighted by atomic mass is 19.4. The normalized spacial score (nSPS) is 23.8. The molecule has 0 saturated carbocycles. The van der Waals surface area contributed by atoms with Crippen LogP contribution in [0.3, 0.4) is 0 Å². The van der Waals surface area contributed by atoms with Crippen LogP contribution in [-0.2, 0) is 4.79 Å². The Balaban J connectivity index is 1.77. The molecule has 2 aliphatic heterocycles. The molecule has 0 spiro atoms. The Morgan fingerprint density at radius 2 is 1.71 bits per heavy atom. The third-order valence-electron chi connectivity index (χ3n) is 8.49. The number of halogens is 4. The van der Waals surface area contributed by atoms with Crippen molar-refractivity contribution in [3.8, 4) is 5.75 Å². The Kier molecular flexibility index (Phi) is 9.74. The molecule has 0 bridgehead atoms. The molecule has 2 heterocycles. The number of phenolic OH excluding ortho intramolecular Hbond substituents is 1. The van der Waals surface area contributed by atoms with Gasteiger partial charge in [0.2, 0.25) is 5.91 Å². The van der Waals surface area contributed by atoms with Crippen molar-refractivity contribution in [2.45, 2.75) is 50.7 Å². The summed E-state index contributed by atoms with van der Waals surface area (Å²) in [5.74, 6) is -4.01. The second-order valence-corrected chi connectivity index (χ2v) is 11.6. The van der Waals surface area contributed by atoms with Gasteiger partial charge in [-0.2, -0.15) is 13.2 Å². The molecule has 2 saturated heterocycles. The van der Waals surface area contributed by atoms with E-state index in [0.717, 1.165) is 24.3 Å². The number of hydrogen-bond acceptors (Lipinski definition) is 5. The summed E-state index contributed by atoms with van der Waals surface area (Å²) in [5.41, 5.74) is 1.07. The lowest BCUT2D eigenvalue weighted by molar-refractivity contribution is -0.185. The van der Waals surface area contributed by atoms with Crippen molar-refractivity contribution in [3.05, 3.63) is 65.0 Å². The largest absolute Gasteiger partial charge is 0.508 e. The first-order valence-electron chi connectivity index (χ1n) is 14.2. The van der Waals surface area contributed by atoms with Crippen LogP contribution in [0.1, 0.15) is 53.1 Å². The second kappa shape index (κ2) is 12.9. The molecular weight excluding hydrogens is 538 g/mol. The molecule has 2 aromatic carbocycles. The van der Waals surface area contributed by atoms with E-state index in [1.165, 1.54) is 36.4 Å². The molecule has 10 heteroatoms. The van der Waals surface area contributed by atoms with E-state index in [2.05, 4.69) is 4.90 Å². The van der Waals surface area contributed by atoms with Gasteiger partial charge < -0.3 is 19.8 Å². The summed E-state index contributed by atoms with van der Waals surface area (Å²) in [7, 11) is 3.95. The number of ketones is 1. The van der Waals surface area contributed by atoms with E-state index in [1.807, 2.05) is 19.0 Å². The number of aromatic hydroxyl groups is 1. The average molecular weight is 578 g/mol. The van der Waals surface area contributed by atoms with Gasteiger partial charge >= 0.3 is 6.18 Å². The molecular formula is C31H39F4N3O3. The number of hydrogen-bond donors (Lipinski definition) is 1. The van der Waals surface area contributed by atoms with Gasteiger partial charge in [-0.3, -0.25) is 9.59 Å². The molecule has 0 radical (unpaired) electrons. The van der Waals surface area contributed by atoms with Gasteiger partial charge in [0.1, 0.15) is 17.6 Å². The minimum atomic E-state index is -4.56. The summed E-state index contributed by atoms with van der Waals surface area (Å²) in [6, 6.07) is 8.43. The number of amides is 1. The highest BCUT2D eigenvalue weighted by Gasteiger charge is 2.52. The Bertz CT molecular complexity index is 1220. The molecule has 1 N–H and O–H groups in total. The molecule has 41 heavy (non-hydrogen) atoms. The number of alkyl halides is 3. The first kappa shape index (κ1) is 31.0. The number of phenols is 1. The van der Waals surface area contributed by atoms with Crippen LogP contribution >= 0.6 is 0 Å². The van der Waals surface area contributed by atoms with Crippen molar-refractivity contribution in [3.63, 3.8) is 0 Å². The molecule has 0 aromatic heterocycles. The number of unbranched alkanes of at least 4 members (excludes halogenated alkanes) is 1. The highest BCUT2D eigenvalue weighted by molar-refractivity contribution is 5.99. The van der Waals surface area contributed by atoms with Crippen LogP contribution < -0.4 is 0 Å². The summed E-state index contributed by atoms with van der Waals surface area (Å²) in [4.78, 5) is 33.2. The first-order chi connectivity index (χ1) is 19.4. The van der Waals surface area contributed by atoms with Crippen LogP contribution in [-0.4, -0.2) is 90.5 Å². The second-order valence-electron chi connectivity index (χ2n) is 11.6. The maximum atomic E-state index is 14.9. The van der Waals surface area contributed by atoms with Crippen molar-refractivity contribution in [2.75, 3.05) is 46.8 Å². The number of nitrogens with zero attached hydrogens (tertiary/aromatic N) is 3. The Morgan fingerprint density at radius 3 is 2.37 bits per heavy atom. The predicted molar refractivity (Wildman–Crippen MR) is 148 cm³/mol. The van der Waals surface area contributed by atoms with Gasteiger partial charge in [0, 0.05) is 37.0 Å². The van der Waals surface area contributed by atoms with Crippen molar-refractivity contribution in [1.29, 1.82) is 0 Å². The maximum Gasteiger partial charge on any atom is 0.408 e. The molecule has 2 aromatic rings. The van der Waals surface area contributed by atoms with Gasteiger partial charge in [-0.1, -0.05) is 12.1 Å². The molecule has 224 valence electrons. The molecule has 1 amide bonds. The molecule has 6 nitrogen and oxygen atoms in total. The van der Waals surface area contributed by atoms with Crippen LogP contribution in [0.25, 0.3) is 0 Å². The molecule has 3 unspecified atom stereocenters. The van der Waals surface area contributed by atoms with Crippen LogP contribution in [0, 0.1) is 24.6 Å². The quantitative estimate of drug-likeness (QED) is 0.251. The number of carbonyl (C=O) groups excluding carboxylic acids is 2. The van der Waals surface area contributed by atoms with Crippen LogP contribution in [0.15, 0.2) is 42.5 Å². The fraction of sp³-hybridized carbons (Fsp3) is 0.548. The Hall–Kier alpha value is -2.98. The minimum Gasteiger partial charge on any atom is -0.508 e. The molecule has 4 atom stereocenters. The third-order valence-corrected chi connectivity index (χ3v) is 8.49. The summed E-state index contributed by atoms with van der Waals surface area (Å²) in [6.07, 6.45) is -2.80. The molecule has 0 aliphatic carbocycles. The highest BCUT2D eigenvalue weighted by Crippen LogP contribution is 2.44. The SMILES string of the molecule is Cc1c(F)cccc1C1C(C(=O)c2ccc(O)cc2)CN(CCCCN(C)C)CC1C(=O)N1CCC[C@H]1C(F)(F)F. The Labute approximate surface area is 238 Å². The molecule has 2 aliphatic rings. The van der Waals surface area contributed by atoms with E-state index in [0.29, 0.717) is 17.7 Å². The van der Waals surface area contributed by atoms with Gasteiger partial charge in [0.15, 0.2) is 5.78 Å². The van der Waals surface area contributed by atoms with E-state index in [1.54, 1.807) is 13.0 Å². The predicted octanol–water partition coefficient (Wildman–Crippen LogP) is 5.25. The van der Waals surface area contributed by atoms with Gasteiger partial charge in [-0.05, 0) is 101 Å². The van der Waals surface area contributed by atoms with Crippen molar-refractivity contribution < 1.29 is 32.3 Å². The first-order valence-corrected chi connectivity index (χ1v) is 14.2. The summed E-state index contributed by atoms with van der Waals surface area (Å²) < 4.78 is 56.7. The zero-order valence-corrected chi connectivity index (χ0v) is 23.8. The minimum absolute atomic E-state index is 0.00618. The number of piperidine rings is 1. The number of Topliss-reactive ketones (excluding diaryl/α,β-unsaturated/α-hetero) is 1. The number of rotatable bonds is 9. The fourth-order valence-electron chi connectivity index (χ4n) is 6.40. The van der Waals surface area contributed by atoms with Crippen LogP contribution in [0.5, 0.6) is 5.75 Å². The Morgan fingerprint density at radius 1 is 1.02 bits per heavy atom. The number of benzene rings is 2. The summed E-state index contributed by atoms with van der Waals surface area (Å²) in [5, 5.41) is 9.77. The van der Waals surface area contributed by atoms with E-state index in [4.69, 9.17) is 0 Å². The zero-order chi connectivity index (χ0) is 29.9. The third kappa shape index (κ3) is 7.09. The van der Waals surface area contributed by atoms with Crippen LogP contribution in [0.2, 0.25) is 0 Å². The number of likely N-dealkylation sites (tertiary alicyclic amines) is 2. The van der Waals surface area contributed by atoms with Crippen molar-refractivity contribution in [1.82, 2.24) is 14.7 Å². The molecule has 4 rings (SSSR count).